The van der Waals surface area contributed by atoms with Crippen LogP contribution in [0.5, 0.6) is 5.75 Å². The van der Waals surface area contributed by atoms with E-state index in [-0.39, 0.29) is 30.5 Å². The number of para-hydroxylation sites is 1. The highest BCUT2D eigenvalue weighted by atomic mass is 35.5. The van der Waals surface area contributed by atoms with E-state index in [0.29, 0.717) is 23.0 Å². The lowest BCUT2D eigenvalue weighted by Gasteiger charge is -2.17. The van der Waals surface area contributed by atoms with Gasteiger partial charge in [0.25, 0.3) is 11.5 Å². The first-order valence-electron chi connectivity index (χ1n) is 10.1. The number of aryl methyl sites for hydroxylation is 1. The second kappa shape index (κ2) is 9.23. The number of benzene rings is 2. The van der Waals surface area contributed by atoms with Gasteiger partial charge in [-0.15, -0.1) is 0 Å². The molecule has 0 aliphatic carbocycles. The number of rotatable bonds is 6. The van der Waals surface area contributed by atoms with Crippen LogP contribution in [0.1, 0.15) is 22.5 Å². The number of fused-ring (bicyclic) bond motifs is 1. The highest BCUT2D eigenvalue weighted by molar-refractivity contribution is 6.31. The number of carbonyl (C=O) groups is 2. The summed E-state index contributed by atoms with van der Waals surface area (Å²) in [4.78, 5) is 39.3. The summed E-state index contributed by atoms with van der Waals surface area (Å²) in [5.74, 6) is -0.155. The number of amides is 2. The van der Waals surface area contributed by atoms with Crippen molar-refractivity contribution in [3.05, 3.63) is 81.2 Å². The van der Waals surface area contributed by atoms with E-state index in [0.717, 1.165) is 22.4 Å². The summed E-state index contributed by atoms with van der Waals surface area (Å²) in [6, 6.07) is 15.3. The minimum absolute atomic E-state index is 0.0191. The van der Waals surface area contributed by atoms with Gasteiger partial charge in [0.05, 0.1) is 19.3 Å². The SMILES string of the molecule is COc1ccc(Cl)cc1NC(=O)CCn1nc(C(=O)N2CCc3ccccc32)ccc1=O. The van der Waals surface area contributed by atoms with Gasteiger partial charge < -0.3 is 15.0 Å². The first kappa shape index (κ1) is 21.6. The van der Waals surface area contributed by atoms with Crippen LogP contribution in [0, 0.1) is 0 Å². The molecule has 3 aromatic rings. The first-order valence-corrected chi connectivity index (χ1v) is 10.5. The quantitative estimate of drug-likeness (QED) is 0.620. The van der Waals surface area contributed by atoms with Gasteiger partial charge in [-0.2, -0.15) is 5.10 Å². The summed E-state index contributed by atoms with van der Waals surface area (Å²) in [5.41, 5.74) is 2.14. The van der Waals surface area contributed by atoms with Crippen LogP contribution in [-0.4, -0.2) is 35.2 Å². The number of methoxy groups -OCH3 is 1. The Kier molecular flexibility index (Phi) is 6.23. The van der Waals surface area contributed by atoms with Gasteiger partial charge in [-0.05, 0) is 42.3 Å². The molecule has 1 aromatic heterocycles. The molecule has 9 heteroatoms. The Morgan fingerprint density at radius 3 is 2.78 bits per heavy atom. The van der Waals surface area contributed by atoms with E-state index in [9.17, 15) is 14.4 Å². The standard InChI is InChI=1S/C23H21ClN4O4/c1-32-20-8-6-16(24)14-18(20)25-21(29)11-13-28-22(30)9-7-17(26-28)23(31)27-12-10-15-4-2-3-5-19(15)27/h2-9,14H,10-13H2,1H3,(H,25,29). The summed E-state index contributed by atoms with van der Waals surface area (Å²) < 4.78 is 6.34. The lowest BCUT2D eigenvalue weighted by atomic mass is 10.2. The molecule has 1 N–H and O–H groups in total. The predicted molar refractivity (Wildman–Crippen MR) is 122 cm³/mol. The Labute approximate surface area is 189 Å². The number of hydrogen-bond donors (Lipinski definition) is 1. The largest absolute Gasteiger partial charge is 0.495 e. The number of anilines is 2. The van der Waals surface area contributed by atoms with Crippen LogP contribution >= 0.6 is 11.6 Å². The highest BCUT2D eigenvalue weighted by Crippen LogP contribution is 2.29. The first-order chi connectivity index (χ1) is 15.5. The maximum Gasteiger partial charge on any atom is 0.278 e. The Hall–Kier alpha value is -3.65. The Balaban J connectivity index is 1.46. The van der Waals surface area contributed by atoms with Crippen LogP contribution in [0.3, 0.4) is 0 Å². The smallest absolute Gasteiger partial charge is 0.278 e. The van der Waals surface area contributed by atoms with E-state index in [1.54, 1.807) is 23.1 Å². The zero-order chi connectivity index (χ0) is 22.7. The topological polar surface area (TPSA) is 93.5 Å². The summed E-state index contributed by atoms with van der Waals surface area (Å²) in [6.07, 6.45) is 0.751. The van der Waals surface area contributed by atoms with Crippen molar-refractivity contribution < 1.29 is 14.3 Å². The minimum Gasteiger partial charge on any atom is -0.495 e. The third-order valence-corrected chi connectivity index (χ3v) is 5.44. The van der Waals surface area contributed by atoms with E-state index in [1.165, 1.54) is 19.2 Å². The van der Waals surface area contributed by atoms with Gasteiger partial charge in [-0.3, -0.25) is 14.4 Å². The molecule has 0 spiro atoms. The number of aromatic nitrogens is 2. The van der Waals surface area contributed by atoms with Crippen LogP contribution < -0.4 is 20.5 Å². The van der Waals surface area contributed by atoms with E-state index >= 15 is 0 Å². The zero-order valence-electron chi connectivity index (χ0n) is 17.4. The van der Waals surface area contributed by atoms with Crippen LogP contribution in [-0.2, 0) is 17.8 Å². The molecule has 2 amide bonds. The van der Waals surface area contributed by atoms with Crippen molar-refractivity contribution in [1.82, 2.24) is 9.78 Å². The van der Waals surface area contributed by atoms with E-state index in [1.807, 2.05) is 24.3 Å². The molecule has 4 rings (SSSR count). The molecule has 0 radical (unpaired) electrons. The number of halogens is 1. The average Bonchev–Trinajstić information content (AvgIpc) is 3.22. The molecule has 0 fully saturated rings. The molecule has 0 saturated carbocycles. The van der Waals surface area contributed by atoms with Crippen LogP contribution in [0.15, 0.2) is 59.4 Å². The Morgan fingerprint density at radius 1 is 1.16 bits per heavy atom. The van der Waals surface area contributed by atoms with Crippen molar-refractivity contribution in [1.29, 1.82) is 0 Å². The molecular formula is C23H21ClN4O4. The maximum atomic E-state index is 13.0. The van der Waals surface area contributed by atoms with Crippen molar-refractivity contribution in [2.24, 2.45) is 0 Å². The highest BCUT2D eigenvalue weighted by Gasteiger charge is 2.26. The summed E-state index contributed by atoms with van der Waals surface area (Å²) in [5, 5.41) is 7.37. The lowest BCUT2D eigenvalue weighted by Crippen LogP contribution is -2.33. The van der Waals surface area contributed by atoms with Gasteiger partial charge in [0.1, 0.15) is 11.4 Å². The molecule has 2 heterocycles. The van der Waals surface area contributed by atoms with Crippen LogP contribution in [0.2, 0.25) is 5.02 Å². The molecule has 1 aliphatic rings. The molecular weight excluding hydrogens is 432 g/mol. The van der Waals surface area contributed by atoms with Gasteiger partial charge in [0.2, 0.25) is 5.91 Å². The summed E-state index contributed by atoms with van der Waals surface area (Å²) >= 11 is 5.99. The fraction of sp³-hybridized carbons (Fsp3) is 0.217. The number of ether oxygens (including phenoxy) is 1. The van der Waals surface area contributed by atoms with E-state index in [4.69, 9.17) is 16.3 Å². The van der Waals surface area contributed by atoms with Crippen molar-refractivity contribution >= 4 is 34.8 Å². The third-order valence-electron chi connectivity index (χ3n) is 5.20. The molecule has 164 valence electrons. The molecule has 8 nitrogen and oxygen atoms in total. The Bertz CT molecular complexity index is 1240. The zero-order valence-corrected chi connectivity index (χ0v) is 18.1. The second-order valence-electron chi connectivity index (χ2n) is 7.26. The molecule has 0 saturated heterocycles. The van der Waals surface area contributed by atoms with E-state index in [2.05, 4.69) is 10.4 Å². The summed E-state index contributed by atoms with van der Waals surface area (Å²) in [7, 11) is 1.49. The van der Waals surface area contributed by atoms with Crippen molar-refractivity contribution in [2.45, 2.75) is 19.4 Å². The van der Waals surface area contributed by atoms with Gasteiger partial charge >= 0.3 is 0 Å². The maximum absolute atomic E-state index is 13.0. The molecule has 32 heavy (non-hydrogen) atoms. The third kappa shape index (κ3) is 4.50. The van der Waals surface area contributed by atoms with Gasteiger partial charge in [-0.25, -0.2) is 4.68 Å². The molecule has 0 atom stereocenters. The van der Waals surface area contributed by atoms with Crippen molar-refractivity contribution in [3.8, 4) is 5.75 Å². The normalized spacial score (nSPS) is 12.4. The minimum atomic E-state index is -0.392. The monoisotopic (exact) mass is 452 g/mol. The van der Waals surface area contributed by atoms with Crippen LogP contribution in [0.25, 0.3) is 0 Å². The number of nitrogens with zero attached hydrogens (tertiary/aromatic N) is 3. The van der Waals surface area contributed by atoms with Gasteiger partial charge in [0, 0.05) is 29.7 Å². The lowest BCUT2D eigenvalue weighted by molar-refractivity contribution is -0.116. The number of nitrogens with one attached hydrogen (secondary N) is 1. The molecule has 0 bridgehead atoms. The number of hydrogen-bond acceptors (Lipinski definition) is 5. The van der Waals surface area contributed by atoms with Crippen molar-refractivity contribution in [3.63, 3.8) is 0 Å². The summed E-state index contributed by atoms with van der Waals surface area (Å²) in [6.45, 7) is 0.577. The molecule has 2 aromatic carbocycles. The fourth-order valence-electron chi connectivity index (χ4n) is 3.61. The van der Waals surface area contributed by atoms with Gasteiger partial charge in [-0.1, -0.05) is 29.8 Å². The molecule has 0 unspecified atom stereocenters. The van der Waals surface area contributed by atoms with E-state index < -0.39 is 5.56 Å². The van der Waals surface area contributed by atoms with Gasteiger partial charge in [0.15, 0.2) is 0 Å². The van der Waals surface area contributed by atoms with Crippen molar-refractivity contribution in [2.75, 3.05) is 23.9 Å². The second-order valence-corrected chi connectivity index (χ2v) is 7.69. The average molecular weight is 453 g/mol. The number of carbonyl (C=O) groups excluding carboxylic acids is 2. The fourth-order valence-corrected chi connectivity index (χ4v) is 3.78. The van der Waals surface area contributed by atoms with Crippen LogP contribution in [0.4, 0.5) is 11.4 Å². The molecule has 1 aliphatic heterocycles. The predicted octanol–water partition coefficient (Wildman–Crippen LogP) is 3.14. The Morgan fingerprint density at radius 2 is 1.97 bits per heavy atom.